The lowest BCUT2D eigenvalue weighted by atomic mass is 10.4. The van der Waals surface area contributed by atoms with Gasteiger partial charge >= 0.3 is 0 Å². The molecule has 0 aliphatic heterocycles. The van der Waals surface area contributed by atoms with Gasteiger partial charge in [-0.25, -0.2) is 0 Å². The smallest absolute Gasteiger partial charge is 0.129 e. The van der Waals surface area contributed by atoms with Gasteiger partial charge in [0.15, 0.2) is 0 Å². The quantitative estimate of drug-likeness (QED) is 0.740. The third kappa shape index (κ3) is 4.03. The van der Waals surface area contributed by atoms with Gasteiger partial charge in [-0.15, -0.1) is 0 Å². The van der Waals surface area contributed by atoms with E-state index < -0.39 is 0 Å². The summed E-state index contributed by atoms with van der Waals surface area (Å²) in [6, 6.07) is 3.71. The van der Waals surface area contributed by atoms with Crippen LogP contribution in [0.25, 0.3) is 0 Å². The second kappa shape index (κ2) is 6.61. The van der Waals surface area contributed by atoms with E-state index in [0.29, 0.717) is 5.76 Å². The molecule has 0 fully saturated rings. The number of furan rings is 1. The van der Waals surface area contributed by atoms with Crippen molar-refractivity contribution in [2.24, 2.45) is 0 Å². The minimum atomic E-state index is -0.0375. The van der Waals surface area contributed by atoms with Crippen molar-refractivity contribution in [1.82, 2.24) is 4.90 Å². The number of aliphatic hydroxyl groups is 1. The molecule has 0 atom stereocenters. The van der Waals surface area contributed by atoms with Crippen molar-refractivity contribution >= 4 is 0 Å². The Kier molecular flexibility index (Phi) is 5.39. The van der Waals surface area contributed by atoms with Crippen LogP contribution in [0.15, 0.2) is 16.5 Å². The van der Waals surface area contributed by atoms with Crippen molar-refractivity contribution in [3.8, 4) is 0 Å². The fraction of sp³-hybridized carbons (Fsp3) is 0.636. The number of aliphatic hydroxyl groups excluding tert-OH is 1. The maximum atomic E-state index is 8.86. The summed E-state index contributed by atoms with van der Waals surface area (Å²) in [5.41, 5.74) is 0. The summed E-state index contributed by atoms with van der Waals surface area (Å²) < 4.78 is 10.4. The summed E-state index contributed by atoms with van der Waals surface area (Å²) in [4.78, 5) is 2.23. The molecule has 1 N–H and O–H groups in total. The van der Waals surface area contributed by atoms with Crippen LogP contribution in [0.2, 0.25) is 0 Å². The van der Waals surface area contributed by atoms with E-state index in [9.17, 15) is 0 Å². The largest absolute Gasteiger partial charge is 0.462 e. The Morgan fingerprint density at radius 2 is 2.13 bits per heavy atom. The topological polar surface area (TPSA) is 45.8 Å². The monoisotopic (exact) mass is 213 g/mol. The minimum Gasteiger partial charge on any atom is -0.462 e. The molecule has 4 nitrogen and oxygen atoms in total. The van der Waals surface area contributed by atoms with Crippen LogP contribution >= 0.6 is 0 Å². The van der Waals surface area contributed by atoms with Crippen molar-refractivity contribution in [2.45, 2.75) is 20.1 Å². The number of likely N-dealkylation sites (N-methyl/N-ethyl adjacent to an activating group) is 1. The second-order valence-electron chi connectivity index (χ2n) is 3.39. The number of hydrogen-bond acceptors (Lipinski definition) is 4. The molecule has 0 aliphatic carbocycles. The SMILES string of the molecule is CCN(CCOC)Cc1ccc(CO)o1. The second-order valence-corrected chi connectivity index (χ2v) is 3.39. The summed E-state index contributed by atoms with van der Waals surface area (Å²) in [7, 11) is 1.70. The van der Waals surface area contributed by atoms with E-state index in [4.69, 9.17) is 14.3 Å². The standard InChI is InChI=1S/C11H19NO3/c1-3-12(6-7-14-2)8-10-4-5-11(9-13)15-10/h4-5,13H,3,6-9H2,1-2H3. The molecule has 0 spiro atoms. The van der Waals surface area contributed by atoms with Gasteiger partial charge in [0.05, 0.1) is 13.2 Å². The maximum absolute atomic E-state index is 8.86. The molecule has 0 bridgehead atoms. The third-order valence-electron chi connectivity index (χ3n) is 2.31. The summed E-state index contributed by atoms with van der Waals surface area (Å²) in [6.07, 6.45) is 0. The Morgan fingerprint density at radius 3 is 2.67 bits per heavy atom. The van der Waals surface area contributed by atoms with Crippen LogP contribution in [0.1, 0.15) is 18.4 Å². The lowest BCUT2D eigenvalue weighted by Crippen LogP contribution is -2.26. The highest BCUT2D eigenvalue weighted by Gasteiger charge is 2.06. The Hall–Kier alpha value is -0.840. The number of methoxy groups -OCH3 is 1. The molecule has 0 saturated heterocycles. The Bertz CT molecular complexity index is 273. The van der Waals surface area contributed by atoms with E-state index in [1.807, 2.05) is 6.07 Å². The van der Waals surface area contributed by atoms with Crippen molar-refractivity contribution in [1.29, 1.82) is 0 Å². The molecule has 0 amide bonds. The Balaban J connectivity index is 2.43. The van der Waals surface area contributed by atoms with Gasteiger partial charge in [0.1, 0.15) is 18.1 Å². The van der Waals surface area contributed by atoms with Crippen LogP contribution in [-0.2, 0) is 17.9 Å². The molecule has 0 aliphatic rings. The van der Waals surface area contributed by atoms with Gasteiger partial charge in [-0.2, -0.15) is 0 Å². The van der Waals surface area contributed by atoms with Crippen molar-refractivity contribution < 1.29 is 14.3 Å². The highest BCUT2D eigenvalue weighted by molar-refractivity contribution is 5.06. The van der Waals surface area contributed by atoms with Gasteiger partial charge in [0.25, 0.3) is 0 Å². The van der Waals surface area contributed by atoms with E-state index in [-0.39, 0.29) is 6.61 Å². The van der Waals surface area contributed by atoms with Crippen LogP contribution in [0.5, 0.6) is 0 Å². The molecular formula is C11H19NO3. The van der Waals surface area contributed by atoms with Crippen LogP contribution in [0.4, 0.5) is 0 Å². The van der Waals surface area contributed by atoms with E-state index in [0.717, 1.165) is 32.0 Å². The van der Waals surface area contributed by atoms with Crippen LogP contribution in [0, 0.1) is 0 Å². The molecule has 4 heteroatoms. The number of nitrogens with zero attached hydrogens (tertiary/aromatic N) is 1. The van der Waals surface area contributed by atoms with Crippen LogP contribution in [0.3, 0.4) is 0 Å². The normalized spacial score (nSPS) is 11.2. The van der Waals surface area contributed by atoms with Crippen LogP contribution < -0.4 is 0 Å². The highest BCUT2D eigenvalue weighted by atomic mass is 16.5. The van der Waals surface area contributed by atoms with E-state index in [2.05, 4.69) is 11.8 Å². The first-order valence-electron chi connectivity index (χ1n) is 5.19. The molecule has 0 unspecified atom stereocenters. The summed E-state index contributed by atoms with van der Waals surface area (Å²) in [5, 5.41) is 8.86. The van der Waals surface area contributed by atoms with Crippen molar-refractivity contribution in [3.05, 3.63) is 23.7 Å². The number of rotatable bonds is 7. The highest BCUT2D eigenvalue weighted by Crippen LogP contribution is 2.10. The van der Waals surface area contributed by atoms with E-state index in [1.165, 1.54) is 0 Å². The number of ether oxygens (including phenoxy) is 1. The van der Waals surface area contributed by atoms with Gasteiger partial charge in [-0.1, -0.05) is 6.92 Å². The van der Waals surface area contributed by atoms with E-state index >= 15 is 0 Å². The molecule has 0 radical (unpaired) electrons. The number of hydrogen-bond donors (Lipinski definition) is 1. The predicted octanol–water partition coefficient (Wildman–Crippen LogP) is 1.24. The van der Waals surface area contributed by atoms with Gasteiger partial charge in [0.2, 0.25) is 0 Å². The molecule has 15 heavy (non-hydrogen) atoms. The van der Waals surface area contributed by atoms with Gasteiger partial charge < -0.3 is 14.3 Å². The lowest BCUT2D eigenvalue weighted by molar-refractivity contribution is 0.141. The molecule has 1 heterocycles. The predicted molar refractivity (Wildman–Crippen MR) is 57.5 cm³/mol. The summed E-state index contributed by atoms with van der Waals surface area (Å²) >= 11 is 0. The fourth-order valence-electron chi connectivity index (χ4n) is 1.38. The van der Waals surface area contributed by atoms with Crippen molar-refractivity contribution in [3.63, 3.8) is 0 Å². The summed E-state index contributed by atoms with van der Waals surface area (Å²) in [5.74, 6) is 1.50. The maximum Gasteiger partial charge on any atom is 0.129 e. The zero-order chi connectivity index (χ0) is 11.1. The minimum absolute atomic E-state index is 0.0375. The molecule has 86 valence electrons. The molecule has 0 saturated carbocycles. The first-order valence-corrected chi connectivity index (χ1v) is 5.19. The first kappa shape index (κ1) is 12.2. The van der Waals surface area contributed by atoms with Crippen molar-refractivity contribution in [2.75, 3.05) is 26.8 Å². The van der Waals surface area contributed by atoms with Crippen LogP contribution in [-0.4, -0.2) is 36.8 Å². The molecular weight excluding hydrogens is 194 g/mol. The average Bonchev–Trinajstić information content (AvgIpc) is 2.71. The van der Waals surface area contributed by atoms with Gasteiger partial charge in [0, 0.05) is 13.7 Å². The first-order chi connectivity index (χ1) is 7.30. The fourth-order valence-corrected chi connectivity index (χ4v) is 1.38. The average molecular weight is 213 g/mol. The van der Waals surface area contributed by atoms with Gasteiger partial charge in [-0.3, -0.25) is 4.90 Å². The Labute approximate surface area is 90.4 Å². The zero-order valence-corrected chi connectivity index (χ0v) is 9.40. The Morgan fingerprint density at radius 1 is 1.40 bits per heavy atom. The molecule has 1 aromatic rings. The third-order valence-corrected chi connectivity index (χ3v) is 2.31. The van der Waals surface area contributed by atoms with Gasteiger partial charge in [-0.05, 0) is 18.7 Å². The van der Waals surface area contributed by atoms with E-state index in [1.54, 1.807) is 13.2 Å². The zero-order valence-electron chi connectivity index (χ0n) is 9.40. The molecule has 0 aromatic carbocycles. The summed E-state index contributed by atoms with van der Waals surface area (Å²) in [6.45, 7) is 5.40. The lowest BCUT2D eigenvalue weighted by Gasteiger charge is -2.18. The molecule has 1 aromatic heterocycles. The molecule has 1 rings (SSSR count).